The van der Waals surface area contributed by atoms with Crippen molar-refractivity contribution in [1.29, 1.82) is 0 Å². The molecule has 1 fully saturated rings. The van der Waals surface area contributed by atoms with Crippen molar-refractivity contribution in [2.75, 3.05) is 46.4 Å². The molecule has 0 radical (unpaired) electrons. The van der Waals surface area contributed by atoms with Crippen LogP contribution in [-0.4, -0.2) is 63.2 Å². The van der Waals surface area contributed by atoms with E-state index in [4.69, 9.17) is 4.74 Å². The van der Waals surface area contributed by atoms with E-state index in [9.17, 15) is 9.59 Å². The van der Waals surface area contributed by atoms with E-state index in [1.807, 2.05) is 35.2 Å². The van der Waals surface area contributed by atoms with Gasteiger partial charge in [0.15, 0.2) is 0 Å². The van der Waals surface area contributed by atoms with Crippen LogP contribution in [0.15, 0.2) is 30.3 Å². The van der Waals surface area contributed by atoms with E-state index >= 15 is 0 Å². The average Bonchev–Trinajstić information content (AvgIpc) is 2.64. The number of ether oxygens (including phenoxy) is 1. The van der Waals surface area contributed by atoms with Gasteiger partial charge in [0, 0.05) is 51.3 Å². The minimum absolute atomic E-state index is 0. The molecule has 1 aliphatic rings. The third-order valence-corrected chi connectivity index (χ3v) is 4.26. The molecule has 2 N–H and O–H groups in total. The number of nitrogens with one attached hydrogen (secondary N) is 2. The summed E-state index contributed by atoms with van der Waals surface area (Å²) in [4.78, 5) is 26.4. The van der Waals surface area contributed by atoms with Crippen LogP contribution in [0.2, 0.25) is 0 Å². The largest absolute Gasteiger partial charge is 0.383 e. The van der Waals surface area contributed by atoms with Crippen molar-refractivity contribution in [3.8, 4) is 0 Å². The molecule has 25 heavy (non-hydrogen) atoms. The number of piperidine rings is 1. The number of amides is 2. The number of likely N-dealkylation sites (tertiary alicyclic amines) is 1. The Balaban J connectivity index is 0.00000312. The fourth-order valence-corrected chi connectivity index (χ4v) is 2.83. The third kappa shape index (κ3) is 7.02. The van der Waals surface area contributed by atoms with Crippen molar-refractivity contribution in [1.82, 2.24) is 15.5 Å². The first-order valence-electron chi connectivity index (χ1n) is 8.54. The molecule has 2 rings (SSSR count). The van der Waals surface area contributed by atoms with Crippen molar-refractivity contribution in [3.63, 3.8) is 0 Å². The average molecular weight is 370 g/mol. The maximum absolute atomic E-state index is 12.4. The Morgan fingerprint density at radius 2 is 1.80 bits per heavy atom. The van der Waals surface area contributed by atoms with Gasteiger partial charge in [0.2, 0.25) is 5.91 Å². The Morgan fingerprint density at radius 1 is 1.12 bits per heavy atom. The molecular weight excluding hydrogens is 342 g/mol. The van der Waals surface area contributed by atoms with Crippen LogP contribution >= 0.6 is 12.4 Å². The van der Waals surface area contributed by atoms with Crippen molar-refractivity contribution in [2.45, 2.75) is 12.8 Å². The Kier molecular flexibility index (Phi) is 10.1. The highest BCUT2D eigenvalue weighted by Crippen LogP contribution is 2.19. The molecule has 1 aliphatic heterocycles. The molecule has 0 aromatic heterocycles. The monoisotopic (exact) mass is 369 g/mol. The molecule has 1 aromatic carbocycles. The lowest BCUT2D eigenvalue weighted by Crippen LogP contribution is -2.44. The van der Waals surface area contributed by atoms with Crippen LogP contribution in [-0.2, 0) is 9.53 Å². The van der Waals surface area contributed by atoms with Gasteiger partial charge in [-0.1, -0.05) is 18.2 Å². The second kappa shape index (κ2) is 11.8. The summed E-state index contributed by atoms with van der Waals surface area (Å²) in [5.41, 5.74) is 0.711. The van der Waals surface area contributed by atoms with Gasteiger partial charge in [0.25, 0.3) is 5.91 Å². The lowest BCUT2D eigenvalue weighted by molar-refractivity contribution is -0.126. The van der Waals surface area contributed by atoms with E-state index in [-0.39, 0.29) is 30.1 Å². The van der Waals surface area contributed by atoms with Gasteiger partial charge < -0.3 is 20.3 Å². The summed E-state index contributed by atoms with van der Waals surface area (Å²) in [7, 11) is 1.67. The highest BCUT2D eigenvalue weighted by Gasteiger charge is 2.27. The van der Waals surface area contributed by atoms with E-state index in [0.29, 0.717) is 31.8 Å². The maximum atomic E-state index is 12.4. The molecule has 0 bridgehead atoms. The number of halogens is 1. The first-order valence-corrected chi connectivity index (χ1v) is 8.54. The molecule has 0 atom stereocenters. The van der Waals surface area contributed by atoms with Crippen LogP contribution in [0.1, 0.15) is 23.2 Å². The van der Waals surface area contributed by atoms with E-state index in [1.165, 1.54) is 0 Å². The SMILES string of the molecule is COCCNCCNC(=O)C1CCN(C(=O)c2ccccc2)CC1.Cl. The molecule has 0 unspecified atom stereocenters. The van der Waals surface area contributed by atoms with Crippen LogP contribution in [0.3, 0.4) is 0 Å². The number of nitrogens with zero attached hydrogens (tertiary/aromatic N) is 1. The van der Waals surface area contributed by atoms with Gasteiger partial charge >= 0.3 is 0 Å². The first-order chi connectivity index (χ1) is 11.7. The fraction of sp³-hybridized carbons (Fsp3) is 0.556. The van der Waals surface area contributed by atoms with Gasteiger partial charge in [-0.2, -0.15) is 0 Å². The molecular formula is C18H28ClN3O3. The zero-order chi connectivity index (χ0) is 17.2. The van der Waals surface area contributed by atoms with Crippen LogP contribution in [0.4, 0.5) is 0 Å². The highest BCUT2D eigenvalue weighted by molar-refractivity contribution is 5.94. The molecule has 1 saturated heterocycles. The van der Waals surface area contributed by atoms with Crippen LogP contribution < -0.4 is 10.6 Å². The smallest absolute Gasteiger partial charge is 0.253 e. The summed E-state index contributed by atoms with van der Waals surface area (Å²) in [6.45, 7) is 4.08. The van der Waals surface area contributed by atoms with Gasteiger partial charge in [0.05, 0.1) is 6.61 Å². The lowest BCUT2D eigenvalue weighted by Gasteiger charge is -2.31. The molecule has 1 heterocycles. The molecule has 2 amide bonds. The van der Waals surface area contributed by atoms with Gasteiger partial charge in [-0.3, -0.25) is 9.59 Å². The lowest BCUT2D eigenvalue weighted by atomic mass is 9.95. The minimum Gasteiger partial charge on any atom is -0.383 e. The first kappa shape index (κ1) is 21.4. The van der Waals surface area contributed by atoms with E-state index < -0.39 is 0 Å². The second-order valence-electron chi connectivity index (χ2n) is 5.97. The number of carbonyl (C=O) groups is 2. The molecule has 0 aliphatic carbocycles. The number of carbonyl (C=O) groups excluding carboxylic acids is 2. The summed E-state index contributed by atoms with van der Waals surface area (Å²) in [6, 6.07) is 9.30. The molecule has 0 saturated carbocycles. The summed E-state index contributed by atoms with van der Waals surface area (Å²) in [5, 5.41) is 6.15. The number of methoxy groups -OCH3 is 1. The van der Waals surface area contributed by atoms with Crippen molar-refractivity contribution >= 4 is 24.2 Å². The van der Waals surface area contributed by atoms with E-state index in [1.54, 1.807) is 7.11 Å². The highest BCUT2D eigenvalue weighted by atomic mass is 35.5. The van der Waals surface area contributed by atoms with E-state index in [0.717, 1.165) is 25.9 Å². The van der Waals surface area contributed by atoms with Crippen LogP contribution in [0.25, 0.3) is 0 Å². The number of benzene rings is 1. The Bertz CT molecular complexity index is 520. The number of rotatable bonds is 8. The Labute approximate surface area is 155 Å². The Hall–Kier alpha value is -1.63. The predicted octanol–water partition coefficient (Wildman–Crippen LogP) is 1.31. The van der Waals surface area contributed by atoms with Crippen molar-refractivity contribution < 1.29 is 14.3 Å². The Morgan fingerprint density at radius 3 is 2.44 bits per heavy atom. The number of hydrogen-bond donors (Lipinski definition) is 2. The van der Waals surface area contributed by atoms with Crippen LogP contribution in [0, 0.1) is 5.92 Å². The summed E-state index contributed by atoms with van der Waals surface area (Å²) in [6.07, 6.45) is 1.45. The van der Waals surface area contributed by atoms with Crippen molar-refractivity contribution in [2.24, 2.45) is 5.92 Å². The van der Waals surface area contributed by atoms with Gasteiger partial charge in [-0.25, -0.2) is 0 Å². The summed E-state index contributed by atoms with van der Waals surface area (Å²) < 4.78 is 4.94. The van der Waals surface area contributed by atoms with E-state index in [2.05, 4.69) is 10.6 Å². The molecule has 0 spiro atoms. The zero-order valence-corrected chi connectivity index (χ0v) is 15.5. The normalized spacial score (nSPS) is 14.7. The standard InChI is InChI=1S/C18H27N3O3.ClH/c1-24-14-11-19-9-10-20-17(22)15-7-12-21(13-8-15)18(23)16-5-3-2-4-6-16;/h2-6,15,19H,7-14H2,1H3,(H,20,22);1H. The van der Waals surface area contributed by atoms with Crippen LogP contribution in [0.5, 0.6) is 0 Å². The summed E-state index contributed by atoms with van der Waals surface area (Å²) >= 11 is 0. The quantitative estimate of drug-likeness (QED) is 0.678. The second-order valence-corrected chi connectivity index (χ2v) is 5.97. The topological polar surface area (TPSA) is 70.7 Å². The maximum Gasteiger partial charge on any atom is 0.253 e. The predicted molar refractivity (Wildman–Crippen MR) is 100 cm³/mol. The molecule has 140 valence electrons. The fourth-order valence-electron chi connectivity index (χ4n) is 2.83. The van der Waals surface area contributed by atoms with Gasteiger partial charge in [-0.15, -0.1) is 12.4 Å². The molecule has 1 aromatic rings. The van der Waals surface area contributed by atoms with Gasteiger partial charge in [0.1, 0.15) is 0 Å². The third-order valence-electron chi connectivity index (χ3n) is 4.26. The minimum atomic E-state index is 0. The van der Waals surface area contributed by atoms with Crippen molar-refractivity contribution in [3.05, 3.63) is 35.9 Å². The number of hydrogen-bond acceptors (Lipinski definition) is 4. The summed E-state index contributed by atoms with van der Waals surface area (Å²) in [5.74, 6) is 0.149. The molecule has 7 heteroatoms. The van der Waals surface area contributed by atoms with Gasteiger partial charge in [-0.05, 0) is 25.0 Å². The molecule has 6 nitrogen and oxygen atoms in total. The zero-order valence-electron chi connectivity index (χ0n) is 14.7.